The highest BCUT2D eigenvalue weighted by atomic mass is 16.5. The molecule has 148 valence electrons. The maximum absolute atomic E-state index is 12.3. The number of carbonyl (C=O) groups is 2. The summed E-state index contributed by atoms with van der Waals surface area (Å²) in [5.41, 5.74) is 2.72. The van der Waals surface area contributed by atoms with Crippen molar-refractivity contribution in [1.82, 2.24) is 0 Å². The second-order valence-corrected chi connectivity index (χ2v) is 7.26. The molecule has 0 unspecified atom stereocenters. The van der Waals surface area contributed by atoms with Crippen molar-refractivity contribution >= 4 is 23.2 Å². The molecule has 0 fully saturated rings. The van der Waals surface area contributed by atoms with E-state index in [9.17, 15) is 9.59 Å². The Morgan fingerprint density at radius 1 is 1.14 bits per heavy atom. The number of amides is 2. The van der Waals surface area contributed by atoms with Gasteiger partial charge in [-0.15, -0.1) is 0 Å². The van der Waals surface area contributed by atoms with Gasteiger partial charge in [-0.3, -0.25) is 9.59 Å². The molecule has 0 saturated carbocycles. The molecule has 2 aromatic carbocycles. The number of benzene rings is 2. The predicted octanol–water partition coefficient (Wildman–Crippen LogP) is 3.65. The van der Waals surface area contributed by atoms with Crippen LogP contribution in [0.25, 0.3) is 0 Å². The van der Waals surface area contributed by atoms with Crippen LogP contribution < -0.4 is 19.7 Å². The predicted molar refractivity (Wildman–Crippen MR) is 109 cm³/mol. The van der Waals surface area contributed by atoms with Crippen molar-refractivity contribution in [3.05, 3.63) is 48.0 Å². The number of hydrogen-bond acceptors (Lipinski definition) is 4. The van der Waals surface area contributed by atoms with Gasteiger partial charge in [-0.1, -0.05) is 19.9 Å². The van der Waals surface area contributed by atoms with Crippen LogP contribution in [0.2, 0.25) is 0 Å². The molecule has 1 heterocycles. The number of methoxy groups -OCH3 is 1. The highest BCUT2D eigenvalue weighted by molar-refractivity contribution is 5.97. The first kappa shape index (κ1) is 19.7. The third kappa shape index (κ3) is 4.82. The Morgan fingerprint density at radius 2 is 1.93 bits per heavy atom. The second kappa shape index (κ2) is 8.78. The standard InChI is InChI=1S/C22H26N2O4/c1-15(2)13-24-20-9-8-17(11-16(20)7-10-22(24)26)23-21(25)14-28-19-6-4-5-18(12-19)27-3/h4-6,8-9,11-12,15H,7,10,13-14H2,1-3H3,(H,23,25). The van der Waals surface area contributed by atoms with Crippen LogP contribution in [0, 0.1) is 5.92 Å². The van der Waals surface area contributed by atoms with Crippen molar-refractivity contribution in [3.8, 4) is 11.5 Å². The van der Waals surface area contributed by atoms with Crippen LogP contribution in [0.15, 0.2) is 42.5 Å². The van der Waals surface area contributed by atoms with Crippen LogP contribution >= 0.6 is 0 Å². The van der Waals surface area contributed by atoms with Crippen molar-refractivity contribution in [1.29, 1.82) is 0 Å². The van der Waals surface area contributed by atoms with Gasteiger partial charge in [-0.05, 0) is 48.2 Å². The summed E-state index contributed by atoms with van der Waals surface area (Å²) in [5, 5.41) is 2.86. The number of aryl methyl sites for hydroxylation is 1. The molecular weight excluding hydrogens is 356 g/mol. The maximum Gasteiger partial charge on any atom is 0.262 e. The van der Waals surface area contributed by atoms with Gasteiger partial charge in [0.15, 0.2) is 6.61 Å². The lowest BCUT2D eigenvalue weighted by atomic mass is 9.99. The lowest BCUT2D eigenvalue weighted by Gasteiger charge is -2.31. The minimum absolute atomic E-state index is 0.0950. The largest absolute Gasteiger partial charge is 0.497 e. The van der Waals surface area contributed by atoms with Crippen molar-refractivity contribution in [2.75, 3.05) is 30.5 Å². The number of hydrogen-bond donors (Lipinski definition) is 1. The number of nitrogens with one attached hydrogen (secondary N) is 1. The first-order chi connectivity index (χ1) is 13.5. The average Bonchev–Trinajstić information content (AvgIpc) is 2.68. The topological polar surface area (TPSA) is 67.9 Å². The Bertz CT molecular complexity index is 863. The summed E-state index contributed by atoms with van der Waals surface area (Å²) in [4.78, 5) is 26.3. The van der Waals surface area contributed by atoms with Gasteiger partial charge >= 0.3 is 0 Å². The number of ether oxygens (including phenoxy) is 2. The number of rotatable bonds is 7. The third-order valence-corrected chi connectivity index (χ3v) is 4.52. The summed E-state index contributed by atoms with van der Waals surface area (Å²) >= 11 is 0. The lowest BCUT2D eigenvalue weighted by molar-refractivity contribution is -0.119. The molecule has 0 atom stereocenters. The second-order valence-electron chi connectivity index (χ2n) is 7.26. The lowest BCUT2D eigenvalue weighted by Crippen LogP contribution is -2.37. The zero-order valence-electron chi connectivity index (χ0n) is 16.5. The van der Waals surface area contributed by atoms with E-state index in [1.807, 2.05) is 29.2 Å². The first-order valence-electron chi connectivity index (χ1n) is 9.46. The van der Waals surface area contributed by atoms with Crippen molar-refractivity contribution in [3.63, 3.8) is 0 Å². The Kier molecular flexibility index (Phi) is 6.19. The molecule has 6 nitrogen and oxygen atoms in total. The summed E-state index contributed by atoms with van der Waals surface area (Å²) in [6.45, 7) is 4.80. The fourth-order valence-corrected chi connectivity index (χ4v) is 3.24. The van der Waals surface area contributed by atoms with E-state index in [1.165, 1.54) is 0 Å². The summed E-state index contributed by atoms with van der Waals surface area (Å²) in [6, 6.07) is 12.8. The van der Waals surface area contributed by atoms with E-state index >= 15 is 0 Å². The molecule has 1 aliphatic rings. The fraction of sp³-hybridized carbons (Fsp3) is 0.364. The number of carbonyl (C=O) groups excluding carboxylic acids is 2. The molecule has 6 heteroatoms. The number of anilines is 2. The molecule has 2 aromatic rings. The quantitative estimate of drug-likeness (QED) is 0.794. The molecule has 0 aromatic heterocycles. The molecule has 0 radical (unpaired) electrons. The van der Waals surface area contributed by atoms with Gasteiger partial charge in [0.25, 0.3) is 5.91 Å². The number of fused-ring (bicyclic) bond motifs is 1. The maximum atomic E-state index is 12.3. The van der Waals surface area contributed by atoms with E-state index in [2.05, 4.69) is 19.2 Å². The first-order valence-corrected chi connectivity index (χ1v) is 9.46. The van der Waals surface area contributed by atoms with Crippen molar-refractivity contribution < 1.29 is 19.1 Å². The SMILES string of the molecule is COc1cccc(OCC(=O)Nc2ccc3c(c2)CCC(=O)N3CC(C)C)c1. The van der Waals surface area contributed by atoms with E-state index in [0.717, 1.165) is 11.3 Å². The molecule has 2 amide bonds. The summed E-state index contributed by atoms with van der Waals surface area (Å²) in [5.74, 6) is 1.55. The molecule has 0 aliphatic carbocycles. The molecule has 1 aliphatic heterocycles. The highest BCUT2D eigenvalue weighted by Gasteiger charge is 2.24. The van der Waals surface area contributed by atoms with Gasteiger partial charge in [0.1, 0.15) is 11.5 Å². The summed E-state index contributed by atoms with van der Waals surface area (Å²) < 4.78 is 10.7. The third-order valence-electron chi connectivity index (χ3n) is 4.52. The van der Waals surface area contributed by atoms with Crippen LogP contribution in [0.1, 0.15) is 25.8 Å². The van der Waals surface area contributed by atoms with Crippen molar-refractivity contribution in [2.45, 2.75) is 26.7 Å². The molecular formula is C22H26N2O4. The minimum atomic E-state index is -0.242. The van der Waals surface area contributed by atoms with Gasteiger partial charge in [-0.2, -0.15) is 0 Å². The van der Waals surface area contributed by atoms with E-state index in [1.54, 1.807) is 25.3 Å². The molecule has 0 spiro atoms. The van der Waals surface area contributed by atoms with Gasteiger partial charge in [0.2, 0.25) is 5.91 Å². The van der Waals surface area contributed by atoms with E-state index in [-0.39, 0.29) is 18.4 Å². The normalized spacial score (nSPS) is 13.3. The smallest absolute Gasteiger partial charge is 0.262 e. The Hall–Kier alpha value is -3.02. The van der Waals surface area contributed by atoms with Crippen LogP contribution in [-0.4, -0.2) is 32.1 Å². The molecule has 1 N–H and O–H groups in total. The average molecular weight is 382 g/mol. The Balaban J connectivity index is 1.63. The molecule has 0 saturated heterocycles. The van der Waals surface area contributed by atoms with Crippen LogP contribution in [0.3, 0.4) is 0 Å². The fourth-order valence-electron chi connectivity index (χ4n) is 3.24. The van der Waals surface area contributed by atoms with E-state index < -0.39 is 0 Å². The van der Waals surface area contributed by atoms with Gasteiger partial charge in [-0.25, -0.2) is 0 Å². The molecule has 3 rings (SSSR count). The summed E-state index contributed by atoms with van der Waals surface area (Å²) in [6.07, 6.45) is 1.18. The van der Waals surface area contributed by atoms with Gasteiger partial charge in [0.05, 0.1) is 7.11 Å². The summed E-state index contributed by atoms with van der Waals surface area (Å²) in [7, 11) is 1.58. The highest BCUT2D eigenvalue weighted by Crippen LogP contribution is 2.31. The number of nitrogens with zero attached hydrogens (tertiary/aromatic N) is 1. The van der Waals surface area contributed by atoms with Crippen LogP contribution in [-0.2, 0) is 16.0 Å². The zero-order valence-corrected chi connectivity index (χ0v) is 16.5. The Morgan fingerprint density at radius 3 is 2.68 bits per heavy atom. The van der Waals surface area contributed by atoms with Crippen LogP contribution in [0.5, 0.6) is 11.5 Å². The van der Waals surface area contributed by atoms with Crippen LogP contribution in [0.4, 0.5) is 11.4 Å². The zero-order chi connectivity index (χ0) is 20.1. The van der Waals surface area contributed by atoms with E-state index in [0.29, 0.717) is 42.5 Å². The van der Waals surface area contributed by atoms with E-state index in [4.69, 9.17) is 9.47 Å². The monoisotopic (exact) mass is 382 g/mol. The minimum Gasteiger partial charge on any atom is -0.497 e. The van der Waals surface area contributed by atoms with Crippen molar-refractivity contribution in [2.24, 2.45) is 5.92 Å². The Labute approximate surface area is 165 Å². The molecule has 28 heavy (non-hydrogen) atoms. The van der Waals surface area contributed by atoms with Gasteiger partial charge in [0, 0.05) is 30.4 Å². The molecule has 0 bridgehead atoms. The van der Waals surface area contributed by atoms with Gasteiger partial charge < -0.3 is 19.7 Å².